The largest absolute Gasteiger partial charge is 0.383 e. The number of nitrogen functional groups attached to an aromatic ring is 1. The predicted octanol–water partition coefficient (Wildman–Crippen LogP) is 1.80. The lowest BCUT2D eigenvalue weighted by molar-refractivity contribution is 0.0767. The molecule has 2 heterocycles. The minimum atomic E-state index is 0.0155. The van der Waals surface area contributed by atoms with Crippen molar-refractivity contribution in [3.63, 3.8) is 0 Å². The summed E-state index contributed by atoms with van der Waals surface area (Å²) in [7, 11) is 1.65. The quantitative estimate of drug-likeness (QED) is 0.810. The molecule has 1 aromatic heterocycles. The van der Waals surface area contributed by atoms with Gasteiger partial charge in [0.05, 0.1) is 6.61 Å². The number of amides is 1. The van der Waals surface area contributed by atoms with E-state index in [9.17, 15) is 4.79 Å². The minimum absolute atomic E-state index is 0.0155. The molecule has 0 aromatic carbocycles. The first kappa shape index (κ1) is 15.1. The zero-order valence-corrected chi connectivity index (χ0v) is 12.7. The van der Waals surface area contributed by atoms with Gasteiger partial charge in [0, 0.05) is 26.7 Å². The number of nitrogens with two attached hydrogens (primary N) is 1. The Bertz CT molecular complexity index is 442. The molecule has 2 rings (SSSR count). The lowest BCUT2D eigenvalue weighted by atomic mass is 10.2. The maximum atomic E-state index is 12.5. The number of hydrogen-bond donors (Lipinski definition) is 2. The van der Waals surface area contributed by atoms with Crippen LogP contribution in [0.3, 0.4) is 0 Å². The molecule has 6 nitrogen and oxygen atoms in total. The third-order valence-corrected chi connectivity index (χ3v) is 4.34. The summed E-state index contributed by atoms with van der Waals surface area (Å²) in [6.45, 7) is 2.89. The summed E-state index contributed by atoms with van der Waals surface area (Å²) in [5.41, 5.74) is 5.87. The normalized spacial score (nSPS) is 15.9. The molecule has 7 heteroatoms. The van der Waals surface area contributed by atoms with Gasteiger partial charge >= 0.3 is 0 Å². The fourth-order valence-electron chi connectivity index (χ4n) is 2.24. The molecule has 1 aliphatic heterocycles. The molecule has 0 unspecified atom stereocenters. The van der Waals surface area contributed by atoms with Gasteiger partial charge in [0.25, 0.3) is 5.91 Å². The number of ether oxygens (including phenoxy) is 1. The lowest BCUT2D eigenvalue weighted by Crippen LogP contribution is -2.31. The van der Waals surface area contributed by atoms with Gasteiger partial charge < -0.3 is 20.7 Å². The van der Waals surface area contributed by atoms with Crippen molar-refractivity contribution in [2.24, 2.45) is 0 Å². The van der Waals surface area contributed by atoms with Crippen molar-refractivity contribution in [3.05, 3.63) is 4.88 Å². The summed E-state index contributed by atoms with van der Waals surface area (Å²) in [4.78, 5) is 19.1. The van der Waals surface area contributed by atoms with Gasteiger partial charge in [-0.2, -0.15) is 0 Å². The van der Waals surface area contributed by atoms with E-state index >= 15 is 0 Å². The SMILES string of the molecule is COCCNc1nc(N)c(C(=O)N2CCCCCC2)s1. The average molecular weight is 298 g/mol. The maximum absolute atomic E-state index is 12.5. The van der Waals surface area contributed by atoms with Crippen molar-refractivity contribution < 1.29 is 9.53 Å². The van der Waals surface area contributed by atoms with Gasteiger partial charge in [-0.25, -0.2) is 4.98 Å². The van der Waals surface area contributed by atoms with E-state index in [1.54, 1.807) is 7.11 Å². The maximum Gasteiger partial charge on any atom is 0.267 e. The van der Waals surface area contributed by atoms with Crippen LogP contribution in [0.1, 0.15) is 35.4 Å². The highest BCUT2D eigenvalue weighted by molar-refractivity contribution is 7.18. The number of rotatable bonds is 5. The van der Waals surface area contributed by atoms with Crippen LogP contribution in [0.25, 0.3) is 0 Å². The second-order valence-electron chi connectivity index (χ2n) is 4.86. The molecule has 0 aliphatic carbocycles. The number of thiazole rings is 1. The summed E-state index contributed by atoms with van der Waals surface area (Å²) in [5.74, 6) is 0.339. The van der Waals surface area contributed by atoms with Crippen LogP contribution in [-0.4, -0.2) is 49.1 Å². The molecule has 1 aliphatic rings. The Morgan fingerprint density at radius 1 is 1.40 bits per heavy atom. The molecule has 0 radical (unpaired) electrons. The van der Waals surface area contributed by atoms with Crippen molar-refractivity contribution in [3.8, 4) is 0 Å². The number of hydrogen-bond acceptors (Lipinski definition) is 6. The average Bonchev–Trinajstić information content (AvgIpc) is 2.67. The standard InChI is InChI=1S/C13H22N4O2S/c1-19-9-6-15-13-16-11(14)10(20-13)12(18)17-7-4-2-3-5-8-17/h2-9,14H2,1H3,(H,15,16). The molecule has 1 fully saturated rings. The summed E-state index contributed by atoms with van der Waals surface area (Å²) in [6.07, 6.45) is 4.55. The molecule has 0 bridgehead atoms. The van der Waals surface area contributed by atoms with Crippen molar-refractivity contribution >= 4 is 28.2 Å². The molecule has 1 saturated heterocycles. The van der Waals surface area contributed by atoms with Crippen LogP contribution in [-0.2, 0) is 4.74 Å². The van der Waals surface area contributed by atoms with Gasteiger partial charge in [-0.15, -0.1) is 0 Å². The third kappa shape index (κ3) is 3.83. The highest BCUT2D eigenvalue weighted by Crippen LogP contribution is 2.27. The van der Waals surface area contributed by atoms with E-state index in [-0.39, 0.29) is 5.91 Å². The molecule has 0 saturated carbocycles. The van der Waals surface area contributed by atoms with Crippen molar-refractivity contribution in [1.82, 2.24) is 9.88 Å². The summed E-state index contributed by atoms with van der Waals surface area (Å²) in [5, 5.41) is 3.79. The van der Waals surface area contributed by atoms with Gasteiger partial charge in [-0.05, 0) is 12.8 Å². The molecule has 112 valence electrons. The Kier molecular flexibility index (Phi) is 5.60. The number of likely N-dealkylation sites (tertiary alicyclic amines) is 1. The van der Waals surface area contributed by atoms with E-state index in [2.05, 4.69) is 10.3 Å². The first-order chi connectivity index (χ1) is 9.72. The van der Waals surface area contributed by atoms with Gasteiger partial charge in [0.1, 0.15) is 10.7 Å². The zero-order valence-electron chi connectivity index (χ0n) is 11.9. The van der Waals surface area contributed by atoms with Crippen LogP contribution in [0, 0.1) is 0 Å². The number of anilines is 2. The number of nitrogens with one attached hydrogen (secondary N) is 1. The Balaban J connectivity index is 2.01. The second-order valence-corrected chi connectivity index (χ2v) is 5.86. The van der Waals surface area contributed by atoms with Crippen LogP contribution < -0.4 is 11.1 Å². The molecule has 3 N–H and O–H groups in total. The predicted molar refractivity (Wildman–Crippen MR) is 81.3 cm³/mol. The second kappa shape index (κ2) is 7.44. The molecule has 0 spiro atoms. The Morgan fingerprint density at radius 2 is 2.10 bits per heavy atom. The number of nitrogens with zero attached hydrogens (tertiary/aromatic N) is 2. The number of carbonyl (C=O) groups is 1. The summed E-state index contributed by atoms with van der Waals surface area (Å²) >= 11 is 1.32. The molecule has 1 amide bonds. The van der Waals surface area contributed by atoms with E-state index in [4.69, 9.17) is 10.5 Å². The molecule has 1 aromatic rings. The van der Waals surface area contributed by atoms with Crippen LogP contribution in [0.5, 0.6) is 0 Å². The van der Waals surface area contributed by atoms with Crippen LogP contribution in [0.4, 0.5) is 10.9 Å². The lowest BCUT2D eigenvalue weighted by Gasteiger charge is -2.19. The highest BCUT2D eigenvalue weighted by Gasteiger charge is 2.22. The molecule has 20 heavy (non-hydrogen) atoms. The van der Waals surface area contributed by atoms with Gasteiger partial charge in [0.15, 0.2) is 5.13 Å². The van der Waals surface area contributed by atoms with Gasteiger partial charge in [-0.1, -0.05) is 24.2 Å². The van der Waals surface area contributed by atoms with E-state index in [1.807, 2.05) is 4.90 Å². The third-order valence-electron chi connectivity index (χ3n) is 3.32. The van der Waals surface area contributed by atoms with Crippen molar-refractivity contribution in [2.45, 2.75) is 25.7 Å². The zero-order chi connectivity index (χ0) is 14.4. The highest BCUT2D eigenvalue weighted by atomic mass is 32.1. The topological polar surface area (TPSA) is 80.5 Å². The van der Waals surface area contributed by atoms with Crippen LogP contribution >= 0.6 is 11.3 Å². The van der Waals surface area contributed by atoms with Gasteiger partial charge in [-0.3, -0.25) is 4.79 Å². The van der Waals surface area contributed by atoms with Crippen LogP contribution in [0.2, 0.25) is 0 Å². The molecule has 0 atom stereocenters. The summed E-state index contributed by atoms with van der Waals surface area (Å²) in [6, 6.07) is 0. The fraction of sp³-hybridized carbons (Fsp3) is 0.692. The van der Waals surface area contributed by atoms with Crippen molar-refractivity contribution in [1.29, 1.82) is 0 Å². The monoisotopic (exact) mass is 298 g/mol. The number of aromatic nitrogens is 1. The van der Waals surface area contributed by atoms with E-state index in [1.165, 1.54) is 24.2 Å². The molecular weight excluding hydrogens is 276 g/mol. The van der Waals surface area contributed by atoms with E-state index < -0.39 is 0 Å². The smallest absolute Gasteiger partial charge is 0.267 e. The first-order valence-electron chi connectivity index (χ1n) is 7.00. The van der Waals surface area contributed by atoms with Gasteiger partial charge in [0.2, 0.25) is 0 Å². The number of carbonyl (C=O) groups excluding carboxylic acids is 1. The minimum Gasteiger partial charge on any atom is -0.383 e. The van der Waals surface area contributed by atoms with E-state index in [0.29, 0.717) is 29.0 Å². The first-order valence-corrected chi connectivity index (χ1v) is 7.82. The Labute approximate surface area is 123 Å². The fourth-order valence-corrected chi connectivity index (χ4v) is 3.12. The molecular formula is C13H22N4O2S. The van der Waals surface area contributed by atoms with Crippen molar-refractivity contribution in [2.75, 3.05) is 44.4 Å². The summed E-state index contributed by atoms with van der Waals surface area (Å²) < 4.78 is 4.97. The Morgan fingerprint density at radius 3 is 2.75 bits per heavy atom. The Hall–Kier alpha value is -1.34. The van der Waals surface area contributed by atoms with Crippen LogP contribution in [0.15, 0.2) is 0 Å². The van der Waals surface area contributed by atoms with E-state index in [0.717, 1.165) is 25.9 Å². The number of methoxy groups -OCH3 is 1.